The summed E-state index contributed by atoms with van der Waals surface area (Å²) in [7, 11) is 0. The van der Waals surface area contributed by atoms with Gasteiger partial charge >= 0.3 is 17.8 Å². The fourth-order valence-corrected chi connectivity index (χ4v) is 5.29. The highest BCUT2D eigenvalue weighted by atomic mass is 32.1. The second-order valence-electron chi connectivity index (χ2n) is 8.20. The van der Waals surface area contributed by atoms with Crippen LogP contribution >= 0.6 is 11.3 Å². The molecule has 29 heavy (non-hydrogen) atoms. The third-order valence-corrected chi connectivity index (χ3v) is 7.21. The predicted octanol–water partition coefficient (Wildman–Crippen LogP) is 0.416. The Labute approximate surface area is 174 Å². The normalized spacial score (nSPS) is 26.5. The fraction of sp³-hybridized carbons (Fsp3) is 0.600. The largest absolute Gasteiger partial charge is 0.338 e. The van der Waals surface area contributed by atoms with E-state index in [0.29, 0.717) is 26.2 Å². The number of quaternary nitrogens is 1. The Morgan fingerprint density at radius 3 is 2.52 bits per heavy atom. The lowest BCUT2D eigenvalue weighted by molar-refractivity contribution is -0.911. The SMILES string of the molecule is C[C@@H]1CCCC[C@@H]1N1C(=O)C(=O)N(C[NH+]2CCN(C(=O)c3cccs3)CC2)C1=O. The molecule has 156 valence electrons. The first-order chi connectivity index (χ1) is 14.0. The predicted molar refractivity (Wildman–Crippen MR) is 106 cm³/mol. The van der Waals surface area contributed by atoms with Crippen LogP contribution in [0.25, 0.3) is 0 Å². The molecule has 4 rings (SSSR count). The van der Waals surface area contributed by atoms with Crippen LogP contribution in [0.3, 0.4) is 0 Å². The van der Waals surface area contributed by atoms with Crippen LogP contribution in [0.1, 0.15) is 42.3 Å². The molecule has 3 heterocycles. The Balaban J connectivity index is 1.36. The number of hydrogen-bond acceptors (Lipinski definition) is 5. The minimum absolute atomic E-state index is 0.0278. The molecule has 1 aromatic heterocycles. The summed E-state index contributed by atoms with van der Waals surface area (Å²) in [5.41, 5.74) is 0. The van der Waals surface area contributed by atoms with Crippen molar-refractivity contribution in [3.63, 3.8) is 0 Å². The first-order valence-electron chi connectivity index (χ1n) is 10.3. The fourth-order valence-electron chi connectivity index (χ4n) is 4.60. The highest BCUT2D eigenvalue weighted by Gasteiger charge is 2.50. The summed E-state index contributed by atoms with van der Waals surface area (Å²) in [6.07, 6.45) is 3.83. The Kier molecular flexibility index (Phi) is 5.69. The summed E-state index contributed by atoms with van der Waals surface area (Å²) < 4.78 is 0. The van der Waals surface area contributed by atoms with Gasteiger partial charge < -0.3 is 9.80 Å². The van der Waals surface area contributed by atoms with Gasteiger partial charge in [-0.1, -0.05) is 25.8 Å². The Bertz CT molecular complexity index is 803. The summed E-state index contributed by atoms with van der Waals surface area (Å²) in [6.45, 7) is 4.65. The van der Waals surface area contributed by atoms with Crippen LogP contribution in [0.2, 0.25) is 0 Å². The topological polar surface area (TPSA) is 82.4 Å². The second kappa shape index (κ2) is 8.23. The van der Waals surface area contributed by atoms with Crippen LogP contribution in [0.15, 0.2) is 17.5 Å². The molecule has 0 aromatic carbocycles. The van der Waals surface area contributed by atoms with Gasteiger partial charge in [0.15, 0.2) is 6.67 Å². The first kappa shape index (κ1) is 20.0. The molecule has 0 radical (unpaired) electrons. The van der Waals surface area contributed by atoms with Gasteiger partial charge in [-0.25, -0.2) is 9.69 Å². The van der Waals surface area contributed by atoms with Crippen LogP contribution in [0, 0.1) is 5.92 Å². The summed E-state index contributed by atoms with van der Waals surface area (Å²) in [4.78, 5) is 56.3. The van der Waals surface area contributed by atoms with Crippen molar-refractivity contribution in [3.05, 3.63) is 22.4 Å². The number of hydrogen-bond donors (Lipinski definition) is 1. The van der Waals surface area contributed by atoms with Crippen molar-refractivity contribution >= 4 is 35.1 Å². The van der Waals surface area contributed by atoms with E-state index in [1.54, 1.807) is 0 Å². The minimum atomic E-state index is -0.711. The van der Waals surface area contributed by atoms with Gasteiger partial charge in [0.2, 0.25) is 0 Å². The second-order valence-corrected chi connectivity index (χ2v) is 9.15. The van der Waals surface area contributed by atoms with Gasteiger partial charge in [0.25, 0.3) is 5.91 Å². The molecule has 1 aliphatic carbocycles. The van der Waals surface area contributed by atoms with Crippen LogP contribution in [-0.2, 0) is 9.59 Å². The minimum Gasteiger partial charge on any atom is -0.327 e. The van der Waals surface area contributed by atoms with Crippen molar-refractivity contribution in [1.82, 2.24) is 14.7 Å². The lowest BCUT2D eigenvalue weighted by atomic mass is 9.85. The van der Waals surface area contributed by atoms with Crippen LogP contribution in [-0.4, -0.2) is 77.3 Å². The number of carbonyl (C=O) groups is 4. The maximum absolute atomic E-state index is 12.9. The molecule has 1 N–H and O–H groups in total. The first-order valence-corrected chi connectivity index (χ1v) is 11.2. The zero-order valence-electron chi connectivity index (χ0n) is 16.6. The highest BCUT2D eigenvalue weighted by Crippen LogP contribution is 2.30. The molecular weight excluding hydrogens is 392 g/mol. The van der Waals surface area contributed by atoms with E-state index in [0.717, 1.165) is 40.4 Å². The van der Waals surface area contributed by atoms with Crippen LogP contribution in [0.4, 0.5) is 4.79 Å². The van der Waals surface area contributed by atoms with E-state index in [4.69, 9.17) is 0 Å². The molecule has 2 atom stereocenters. The summed E-state index contributed by atoms with van der Waals surface area (Å²) in [5, 5.41) is 1.88. The molecule has 9 heteroatoms. The molecule has 2 aliphatic heterocycles. The van der Waals surface area contributed by atoms with E-state index < -0.39 is 17.8 Å². The monoisotopic (exact) mass is 419 g/mol. The maximum atomic E-state index is 12.9. The third kappa shape index (κ3) is 3.81. The molecule has 8 nitrogen and oxygen atoms in total. The summed E-state index contributed by atoms with van der Waals surface area (Å²) in [6, 6.07) is 3.04. The number of piperazine rings is 1. The maximum Gasteiger partial charge on any atom is 0.338 e. The number of nitrogens with one attached hydrogen (secondary N) is 1. The van der Waals surface area contributed by atoms with Gasteiger partial charge in [0, 0.05) is 6.04 Å². The average molecular weight is 420 g/mol. The molecule has 1 aromatic rings. The van der Waals surface area contributed by atoms with Crippen LogP contribution < -0.4 is 4.90 Å². The van der Waals surface area contributed by atoms with E-state index >= 15 is 0 Å². The molecule has 0 spiro atoms. The van der Waals surface area contributed by atoms with Gasteiger partial charge in [0.1, 0.15) is 0 Å². The van der Waals surface area contributed by atoms with E-state index in [1.165, 1.54) is 16.2 Å². The average Bonchev–Trinajstić information content (AvgIpc) is 3.33. The van der Waals surface area contributed by atoms with E-state index in [-0.39, 0.29) is 24.5 Å². The lowest BCUT2D eigenvalue weighted by Crippen LogP contribution is -3.16. The third-order valence-electron chi connectivity index (χ3n) is 6.35. The van der Waals surface area contributed by atoms with Crippen molar-refractivity contribution in [2.75, 3.05) is 32.8 Å². The number of imide groups is 2. The smallest absolute Gasteiger partial charge is 0.327 e. The number of amides is 5. The molecule has 0 unspecified atom stereocenters. The van der Waals surface area contributed by atoms with E-state index in [9.17, 15) is 19.2 Å². The van der Waals surface area contributed by atoms with Gasteiger partial charge in [-0.05, 0) is 30.2 Å². The van der Waals surface area contributed by atoms with Crippen molar-refractivity contribution in [3.8, 4) is 0 Å². The van der Waals surface area contributed by atoms with Crippen molar-refractivity contribution in [2.45, 2.75) is 38.6 Å². The van der Waals surface area contributed by atoms with Gasteiger partial charge in [0.05, 0.1) is 31.1 Å². The Morgan fingerprint density at radius 2 is 1.86 bits per heavy atom. The standard InChI is InChI=1S/C20H26N4O4S/c1-14-5-2-3-6-15(14)24-19(27)18(26)23(20(24)28)13-21-8-10-22(11-9-21)17(25)16-7-4-12-29-16/h4,7,12,14-15H,2-3,5-6,8-11,13H2,1H3/p+1/t14-,15+/m1/s1. The highest BCUT2D eigenvalue weighted by molar-refractivity contribution is 7.12. The van der Waals surface area contributed by atoms with E-state index in [1.807, 2.05) is 29.3 Å². The summed E-state index contributed by atoms with van der Waals surface area (Å²) in [5.74, 6) is -1.14. The van der Waals surface area contributed by atoms with Crippen molar-refractivity contribution in [2.24, 2.45) is 5.92 Å². The zero-order valence-corrected chi connectivity index (χ0v) is 17.5. The Hall–Kier alpha value is -2.26. The van der Waals surface area contributed by atoms with E-state index in [2.05, 4.69) is 0 Å². The summed E-state index contributed by atoms with van der Waals surface area (Å²) >= 11 is 1.43. The molecule has 3 aliphatic rings. The van der Waals surface area contributed by atoms with Crippen molar-refractivity contribution < 1.29 is 24.1 Å². The molecular formula is C20H27N4O4S+. The number of rotatable bonds is 4. The van der Waals surface area contributed by atoms with Crippen molar-refractivity contribution in [1.29, 1.82) is 0 Å². The van der Waals surface area contributed by atoms with Gasteiger partial charge in [-0.2, -0.15) is 0 Å². The number of nitrogens with zero attached hydrogens (tertiary/aromatic N) is 3. The molecule has 3 fully saturated rings. The van der Waals surface area contributed by atoms with Crippen LogP contribution in [0.5, 0.6) is 0 Å². The molecule has 5 amide bonds. The van der Waals surface area contributed by atoms with Gasteiger partial charge in [-0.3, -0.25) is 19.3 Å². The molecule has 0 bridgehead atoms. The number of urea groups is 1. The molecule has 2 saturated heterocycles. The number of thiophene rings is 1. The lowest BCUT2D eigenvalue weighted by Gasteiger charge is -2.35. The Morgan fingerprint density at radius 1 is 1.14 bits per heavy atom. The molecule has 1 saturated carbocycles. The number of carbonyl (C=O) groups excluding carboxylic acids is 4. The quantitative estimate of drug-likeness (QED) is 0.566. The van der Waals surface area contributed by atoms with Gasteiger partial charge in [-0.15, -0.1) is 11.3 Å². The zero-order chi connectivity index (χ0) is 20.5.